The van der Waals surface area contributed by atoms with E-state index in [4.69, 9.17) is 58.0 Å². The van der Waals surface area contributed by atoms with Crippen molar-refractivity contribution in [2.24, 2.45) is 0 Å². The molecule has 5 nitrogen and oxygen atoms in total. The quantitative estimate of drug-likeness (QED) is 0.314. The SMILES string of the molecule is O=C(Nc1nc2scc(-c3cc(Cl)ccc3Cl)n2n1)c1c(Cl)ccc(Cl)c1Cl. The standard InChI is InChI=1S/C17H7Cl5N4OS/c18-7-1-2-9(19)8(5-7)12-6-28-17-24-16(25-26(12)17)23-15(27)13-10(20)3-4-11(21)14(13)22/h1-6H,(H,23,25,27). The second kappa shape index (κ2) is 7.71. The van der Waals surface area contributed by atoms with E-state index in [0.717, 1.165) is 0 Å². The molecule has 142 valence electrons. The van der Waals surface area contributed by atoms with E-state index in [9.17, 15) is 4.79 Å². The maximum atomic E-state index is 12.6. The molecule has 0 saturated heterocycles. The molecule has 2 aromatic heterocycles. The van der Waals surface area contributed by atoms with E-state index in [1.165, 1.54) is 23.5 Å². The molecule has 4 aromatic rings. The smallest absolute Gasteiger partial charge is 0.261 e. The van der Waals surface area contributed by atoms with Gasteiger partial charge in [0.05, 0.1) is 31.3 Å². The van der Waals surface area contributed by atoms with E-state index in [0.29, 0.717) is 26.3 Å². The van der Waals surface area contributed by atoms with Crippen molar-refractivity contribution in [1.82, 2.24) is 14.6 Å². The molecule has 0 bridgehead atoms. The first-order valence-electron chi connectivity index (χ1n) is 7.59. The zero-order valence-corrected chi connectivity index (χ0v) is 18.1. The number of nitrogens with zero attached hydrogens (tertiary/aromatic N) is 3. The normalized spacial score (nSPS) is 11.2. The lowest BCUT2D eigenvalue weighted by Gasteiger charge is -2.07. The minimum atomic E-state index is -0.571. The highest BCUT2D eigenvalue weighted by Crippen LogP contribution is 2.34. The van der Waals surface area contributed by atoms with Crippen LogP contribution in [-0.2, 0) is 0 Å². The predicted octanol–water partition coefficient (Wildman–Crippen LogP) is 6.98. The van der Waals surface area contributed by atoms with Crippen molar-refractivity contribution in [3.8, 4) is 11.3 Å². The highest BCUT2D eigenvalue weighted by Gasteiger charge is 2.20. The Hall–Kier alpha value is -1.54. The summed E-state index contributed by atoms with van der Waals surface area (Å²) in [6, 6.07) is 8.13. The van der Waals surface area contributed by atoms with Crippen LogP contribution in [0.1, 0.15) is 10.4 Å². The summed E-state index contributed by atoms with van der Waals surface area (Å²) in [5.74, 6) is -0.485. The molecule has 2 heterocycles. The summed E-state index contributed by atoms with van der Waals surface area (Å²) in [4.78, 5) is 17.5. The number of hydrogen-bond donors (Lipinski definition) is 1. The number of amides is 1. The lowest BCUT2D eigenvalue weighted by Crippen LogP contribution is -2.14. The zero-order valence-electron chi connectivity index (χ0n) is 13.5. The van der Waals surface area contributed by atoms with Crippen LogP contribution in [0.15, 0.2) is 35.7 Å². The first-order chi connectivity index (χ1) is 13.3. The van der Waals surface area contributed by atoms with Crippen molar-refractivity contribution in [2.45, 2.75) is 0 Å². The van der Waals surface area contributed by atoms with Gasteiger partial charge in [-0.15, -0.1) is 16.4 Å². The second-order valence-electron chi connectivity index (χ2n) is 5.55. The van der Waals surface area contributed by atoms with Crippen LogP contribution in [0, 0.1) is 0 Å². The first-order valence-corrected chi connectivity index (χ1v) is 10.4. The third-order valence-corrected chi connectivity index (χ3v) is 6.28. The average molecular weight is 493 g/mol. The highest BCUT2D eigenvalue weighted by atomic mass is 35.5. The molecule has 11 heteroatoms. The second-order valence-corrected chi connectivity index (χ2v) is 8.42. The van der Waals surface area contributed by atoms with Gasteiger partial charge < -0.3 is 0 Å². The van der Waals surface area contributed by atoms with Gasteiger partial charge in [0.25, 0.3) is 11.9 Å². The van der Waals surface area contributed by atoms with Gasteiger partial charge in [-0.2, -0.15) is 4.98 Å². The number of hydrogen-bond acceptors (Lipinski definition) is 4. The number of rotatable bonds is 3. The number of nitrogens with one attached hydrogen (secondary N) is 1. The summed E-state index contributed by atoms with van der Waals surface area (Å²) in [5, 5.41) is 10.3. The van der Waals surface area contributed by atoms with Crippen LogP contribution in [0.5, 0.6) is 0 Å². The number of benzene rings is 2. The van der Waals surface area contributed by atoms with Crippen molar-refractivity contribution in [3.05, 3.63) is 66.4 Å². The maximum Gasteiger partial charge on any atom is 0.261 e. The molecule has 0 aliphatic carbocycles. The van der Waals surface area contributed by atoms with Gasteiger partial charge in [0, 0.05) is 16.0 Å². The Kier molecular flexibility index (Phi) is 5.44. The minimum Gasteiger partial charge on any atom is -0.289 e. The molecule has 0 radical (unpaired) electrons. The van der Waals surface area contributed by atoms with Gasteiger partial charge in [-0.05, 0) is 30.3 Å². The van der Waals surface area contributed by atoms with E-state index in [1.54, 1.807) is 22.7 Å². The van der Waals surface area contributed by atoms with Crippen molar-refractivity contribution in [2.75, 3.05) is 5.32 Å². The van der Waals surface area contributed by atoms with Crippen LogP contribution >= 0.6 is 69.3 Å². The third-order valence-electron chi connectivity index (χ3n) is 3.78. The van der Waals surface area contributed by atoms with E-state index >= 15 is 0 Å². The molecular formula is C17H7Cl5N4OS. The van der Waals surface area contributed by atoms with Gasteiger partial charge in [-0.1, -0.05) is 58.0 Å². The van der Waals surface area contributed by atoms with Gasteiger partial charge in [0.2, 0.25) is 4.96 Å². The summed E-state index contributed by atoms with van der Waals surface area (Å²) in [5.41, 5.74) is 1.44. The Morgan fingerprint density at radius 3 is 2.50 bits per heavy atom. The van der Waals surface area contributed by atoms with Gasteiger partial charge in [0.15, 0.2) is 0 Å². The molecule has 1 amide bonds. The molecule has 0 unspecified atom stereocenters. The number of thiazole rings is 1. The number of halogens is 5. The fourth-order valence-corrected chi connectivity index (χ4v) is 4.42. The molecular weight excluding hydrogens is 486 g/mol. The summed E-state index contributed by atoms with van der Waals surface area (Å²) in [6.45, 7) is 0. The third kappa shape index (κ3) is 3.56. The Morgan fingerprint density at radius 1 is 1.00 bits per heavy atom. The van der Waals surface area contributed by atoms with Crippen LogP contribution in [0.2, 0.25) is 25.1 Å². The van der Waals surface area contributed by atoms with Crippen LogP contribution in [0.4, 0.5) is 5.95 Å². The molecule has 28 heavy (non-hydrogen) atoms. The van der Waals surface area contributed by atoms with E-state index in [1.807, 2.05) is 5.38 Å². The Labute approximate surface area is 187 Å². The number of fused-ring (bicyclic) bond motifs is 1. The highest BCUT2D eigenvalue weighted by molar-refractivity contribution is 7.15. The first kappa shape index (κ1) is 19.8. The Balaban J connectivity index is 1.71. The van der Waals surface area contributed by atoms with Crippen LogP contribution in [0.25, 0.3) is 16.2 Å². The average Bonchev–Trinajstić information content (AvgIpc) is 3.21. The number of carbonyl (C=O) groups excluding carboxylic acids is 1. The molecule has 2 aromatic carbocycles. The number of aromatic nitrogens is 3. The summed E-state index contributed by atoms with van der Waals surface area (Å²) in [7, 11) is 0. The van der Waals surface area contributed by atoms with E-state index in [2.05, 4.69) is 15.4 Å². The molecule has 0 atom stereocenters. The fraction of sp³-hybridized carbons (Fsp3) is 0. The topological polar surface area (TPSA) is 59.3 Å². The van der Waals surface area contributed by atoms with Crippen LogP contribution in [-0.4, -0.2) is 20.5 Å². The fourth-order valence-electron chi connectivity index (χ4n) is 2.51. The van der Waals surface area contributed by atoms with E-state index < -0.39 is 5.91 Å². The van der Waals surface area contributed by atoms with Crippen molar-refractivity contribution < 1.29 is 4.79 Å². The molecule has 0 spiro atoms. The van der Waals surface area contributed by atoms with Gasteiger partial charge in [-0.3, -0.25) is 10.1 Å². The predicted molar refractivity (Wildman–Crippen MR) is 116 cm³/mol. The van der Waals surface area contributed by atoms with Crippen LogP contribution in [0.3, 0.4) is 0 Å². The summed E-state index contributed by atoms with van der Waals surface area (Å²) >= 11 is 31.9. The summed E-state index contributed by atoms with van der Waals surface area (Å²) < 4.78 is 1.57. The number of carbonyl (C=O) groups is 1. The summed E-state index contributed by atoms with van der Waals surface area (Å²) in [6.07, 6.45) is 0. The minimum absolute atomic E-state index is 0.0482. The largest absolute Gasteiger partial charge is 0.289 e. The molecule has 0 aliphatic heterocycles. The molecule has 0 fully saturated rings. The lowest BCUT2D eigenvalue weighted by molar-refractivity contribution is 0.102. The van der Waals surface area contributed by atoms with Crippen molar-refractivity contribution in [1.29, 1.82) is 0 Å². The molecule has 0 saturated carbocycles. The van der Waals surface area contributed by atoms with Crippen molar-refractivity contribution in [3.63, 3.8) is 0 Å². The van der Waals surface area contributed by atoms with Gasteiger partial charge in [0.1, 0.15) is 0 Å². The van der Waals surface area contributed by atoms with E-state index in [-0.39, 0.29) is 26.6 Å². The molecule has 4 rings (SSSR count). The maximum absolute atomic E-state index is 12.6. The lowest BCUT2D eigenvalue weighted by atomic mass is 10.2. The Morgan fingerprint density at radius 2 is 1.71 bits per heavy atom. The molecule has 1 N–H and O–H groups in total. The van der Waals surface area contributed by atoms with Crippen molar-refractivity contribution >= 4 is 86.2 Å². The Bertz CT molecular complexity index is 1240. The van der Waals surface area contributed by atoms with Gasteiger partial charge >= 0.3 is 0 Å². The monoisotopic (exact) mass is 490 g/mol. The van der Waals surface area contributed by atoms with Crippen LogP contribution < -0.4 is 5.32 Å². The molecule has 0 aliphatic rings. The number of anilines is 1. The van der Waals surface area contributed by atoms with Gasteiger partial charge in [-0.25, -0.2) is 4.52 Å². The zero-order chi connectivity index (χ0) is 20.0.